The van der Waals surface area contributed by atoms with Crippen molar-refractivity contribution >= 4 is 28.1 Å². The molecule has 2 aromatic rings. The summed E-state index contributed by atoms with van der Waals surface area (Å²) >= 11 is 5.03. The molecular weight excluding hydrogens is 204 g/mol. The van der Waals surface area contributed by atoms with Gasteiger partial charge in [-0.2, -0.15) is 0 Å². The second-order valence-corrected chi connectivity index (χ2v) is 2.85. The Morgan fingerprint density at radius 3 is 2.71 bits per heavy atom. The summed E-state index contributed by atoms with van der Waals surface area (Å²) in [7, 11) is 0. The summed E-state index contributed by atoms with van der Waals surface area (Å²) in [5.41, 5.74) is 0.472. The Bertz CT molecular complexity index is 487. The van der Waals surface area contributed by atoms with Gasteiger partial charge in [-0.15, -0.1) is 0 Å². The van der Waals surface area contributed by atoms with Crippen LogP contribution in [0, 0.1) is 0 Å². The monoisotopic (exact) mass is 208 g/mol. The van der Waals surface area contributed by atoms with E-state index in [1.807, 2.05) is 18.2 Å². The highest BCUT2D eigenvalue weighted by Crippen LogP contribution is 2.13. The van der Waals surface area contributed by atoms with Gasteiger partial charge in [-0.1, -0.05) is 12.1 Å². The van der Waals surface area contributed by atoms with E-state index in [2.05, 4.69) is 14.7 Å². The maximum Gasteiger partial charge on any atom is 0.410 e. The maximum atomic E-state index is 10.4. The van der Waals surface area contributed by atoms with E-state index in [-0.39, 0.29) is 5.88 Å². The van der Waals surface area contributed by atoms with Crippen LogP contribution in [0.4, 0.5) is 4.79 Å². The Morgan fingerprint density at radius 1 is 1.29 bits per heavy atom. The van der Waals surface area contributed by atoms with Crippen LogP contribution in [0.25, 0.3) is 11.0 Å². The predicted octanol–water partition coefficient (Wildman–Crippen LogP) is 2.37. The van der Waals surface area contributed by atoms with Gasteiger partial charge in [0.25, 0.3) is 0 Å². The van der Waals surface area contributed by atoms with E-state index >= 15 is 0 Å². The number of fused-ring (bicyclic) bond motifs is 1. The highest BCUT2D eigenvalue weighted by Gasteiger charge is 2.03. The Kier molecular flexibility index (Phi) is 2.28. The molecule has 70 valence electrons. The first-order valence-corrected chi connectivity index (χ1v) is 4.22. The maximum absolute atomic E-state index is 10.4. The van der Waals surface area contributed by atoms with Gasteiger partial charge in [0.05, 0.1) is 17.2 Å². The molecule has 0 radical (unpaired) electrons. The van der Waals surface area contributed by atoms with Gasteiger partial charge in [0.1, 0.15) is 0 Å². The number of carbonyl (C=O) groups is 1. The molecule has 0 unspecified atom stereocenters. The van der Waals surface area contributed by atoms with Crippen molar-refractivity contribution in [2.45, 2.75) is 0 Å². The van der Waals surface area contributed by atoms with Gasteiger partial charge >= 0.3 is 5.43 Å². The fourth-order valence-corrected chi connectivity index (χ4v) is 1.15. The number of carbonyl (C=O) groups excluding carboxylic acids is 1. The molecule has 5 heteroatoms. The van der Waals surface area contributed by atoms with Crippen molar-refractivity contribution in [1.29, 1.82) is 0 Å². The number of hydrogen-bond acceptors (Lipinski definition) is 4. The lowest BCUT2D eigenvalue weighted by Gasteiger charge is -1.99. The normalized spacial score (nSPS) is 10.1. The van der Waals surface area contributed by atoms with E-state index in [4.69, 9.17) is 11.6 Å². The zero-order valence-corrected chi connectivity index (χ0v) is 7.73. The SMILES string of the molecule is O=C(Cl)Oc1cnc2ccccc2n1. The number of benzene rings is 1. The highest BCUT2D eigenvalue weighted by molar-refractivity contribution is 6.61. The van der Waals surface area contributed by atoms with Crippen LogP contribution in [-0.4, -0.2) is 15.4 Å². The second-order valence-electron chi connectivity index (χ2n) is 2.54. The van der Waals surface area contributed by atoms with Crippen LogP contribution in [0.15, 0.2) is 30.5 Å². The molecule has 0 saturated heterocycles. The van der Waals surface area contributed by atoms with Gasteiger partial charge in [-0.3, -0.25) is 0 Å². The molecule has 0 aliphatic heterocycles. The van der Waals surface area contributed by atoms with Gasteiger partial charge in [-0.25, -0.2) is 14.8 Å². The van der Waals surface area contributed by atoms with Crippen LogP contribution in [0.3, 0.4) is 0 Å². The van der Waals surface area contributed by atoms with Gasteiger partial charge in [0.15, 0.2) is 0 Å². The average molecular weight is 209 g/mol. The Hall–Kier alpha value is -1.68. The minimum Gasteiger partial charge on any atom is -0.394 e. The average Bonchev–Trinajstić information content (AvgIpc) is 2.17. The molecule has 4 nitrogen and oxygen atoms in total. The summed E-state index contributed by atoms with van der Waals surface area (Å²) in [4.78, 5) is 18.5. The Labute approximate surface area is 84.5 Å². The fraction of sp³-hybridized carbons (Fsp3) is 0. The molecule has 1 heterocycles. The van der Waals surface area contributed by atoms with E-state index in [9.17, 15) is 4.79 Å². The van der Waals surface area contributed by atoms with Crippen LogP contribution >= 0.6 is 11.6 Å². The molecule has 0 fully saturated rings. The summed E-state index contributed by atoms with van der Waals surface area (Å²) in [5, 5.41) is 0. The van der Waals surface area contributed by atoms with Gasteiger partial charge in [0, 0.05) is 11.6 Å². The van der Waals surface area contributed by atoms with E-state index in [1.165, 1.54) is 6.20 Å². The molecule has 0 saturated carbocycles. The molecule has 14 heavy (non-hydrogen) atoms. The largest absolute Gasteiger partial charge is 0.410 e. The summed E-state index contributed by atoms with van der Waals surface area (Å²) in [6, 6.07) is 7.26. The lowest BCUT2D eigenvalue weighted by atomic mass is 10.3. The molecule has 0 aliphatic carbocycles. The van der Waals surface area contributed by atoms with Gasteiger partial charge in [-0.05, 0) is 12.1 Å². The van der Waals surface area contributed by atoms with Crippen molar-refractivity contribution in [3.05, 3.63) is 30.5 Å². The smallest absolute Gasteiger partial charge is 0.394 e. The van der Waals surface area contributed by atoms with E-state index < -0.39 is 5.43 Å². The van der Waals surface area contributed by atoms with Crippen molar-refractivity contribution < 1.29 is 9.53 Å². The molecule has 0 atom stereocenters. The predicted molar refractivity (Wildman–Crippen MR) is 51.4 cm³/mol. The number of rotatable bonds is 1. The van der Waals surface area contributed by atoms with Crippen LogP contribution in [-0.2, 0) is 0 Å². The molecule has 1 aromatic heterocycles. The van der Waals surface area contributed by atoms with Crippen molar-refractivity contribution in [3.63, 3.8) is 0 Å². The minimum atomic E-state index is -0.922. The lowest BCUT2D eigenvalue weighted by Crippen LogP contribution is -1.99. The van der Waals surface area contributed by atoms with Crippen molar-refractivity contribution in [3.8, 4) is 5.88 Å². The summed E-state index contributed by atoms with van der Waals surface area (Å²) < 4.78 is 4.58. The summed E-state index contributed by atoms with van der Waals surface area (Å²) in [6.45, 7) is 0. The van der Waals surface area contributed by atoms with Gasteiger partial charge in [0.2, 0.25) is 5.88 Å². The Morgan fingerprint density at radius 2 is 2.00 bits per heavy atom. The molecule has 0 N–H and O–H groups in total. The zero-order chi connectivity index (χ0) is 9.97. The molecule has 0 spiro atoms. The number of ether oxygens (including phenoxy) is 1. The van der Waals surface area contributed by atoms with Crippen LogP contribution in [0.5, 0.6) is 5.88 Å². The van der Waals surface area contributed by atoms with Crippen LogP contribution in [0.2, 0.25) is 0 Å². The first-order valence-electron chi connectivity index (χ1n) is 3.85. The minimum absolute atomic E-state index is 0.101. The second kappa shape index (κ2) is 3.59. The van der Waals surface area contributed by atoms with Crippen molar-refractivity contribution in [2.24, 2.45) is 0 Å². The first kappa shape index (κ1) is 8.90. The van der Waals surface area contributed by atoms with E-state index in [0.29, 0.717) is 5.52 Å². The van der Waals surface area contributed by atoms with Crippen molar-refractivity contribution in [2.75, 3.05) is 0 Å². The summed E-state index contributed by atoms with van der Waals surface area (Å²) in [6.07, 6.45) is 1.35. The van der Waals surface area contributed by atoms with Gasteiger partial charge < -0.3 is 4.74 Å². The third-order valence-corrected chi connectivity index (χ3v) is 1.69. The number of aromatic nitrogens is 2. The number of para-hydroxylation sites is 2. The topological polar surface area (TPSA) is 52.1 Å². The lowest BCUT2D eigenvalue weighted by molar-refractivity contribution is 0.224. The molecule has 0 aliphatic rings. The number of nitrogens with zero attached hydrogens (tertiary/aromatic N) is 2. The number of halogens is 1. The molecule has 0 amide bonds. The third-order valence-electron chi connectivity index (χ3n) is 1.61. The first-order chi connectivity index (χ1) is 6.75. The molecular formula is C9H5ClN2O2. The fourth-order valence-electron chi connectivity index (χ4n) is 1.07. The van der Waals surface area contributed by atoms with Crippen molar-refractivity contribution in [1.82, 2.24) is 9.97 Å². The number of hydrogen-bond donors (Lipinski definition) is 0. The molecule has 1 aromatic carbocycles. The summed E-state index contributed by atoms with van der Waals surface area (Å²) in [5.74, 6) is 0.101. The van der Waals surface area contributed by atoms with Crippen LogP contribution in [0.1, 0.15) is 0 Å². The molecule has 2 rings (SSSR count). The van der Waals surface area contributed by atoms with E-state index in [0.717, 1.165) is 5.52 Å². The standard InChI is InChI=1S/C9H5ClN2O2/c10-9(13)14-8-5-11-6-3-1-2-4-7(6)12-8/h1-5H. The quantitative estimate of drug-likeness (QED) is 0.675. The zero-order valence-electron chi connectivity index (χ0n) is 6.98. The molecule has 0 bridgehead atoms. The highest BCUT2D eigenvalue weighted by atomic mass is 35.5. The third kappa shape index (κ3) is 1.80. The van der Waals surface area contributed by atoms with E-state index in [1.54, 1.807) is 6.07 Å². The Balaban J connectivity index is 2.46. The van der Waals surface area contributed by atoms with Crippen LogP contribution < -0.4 is 4.74 Å².